The van der Waals surface area contributed by atoms with Crippen LogP contribution in [0.4, 0.5) is 0 Å². The molecule has 2 atom stereocenters. The van der Waals surface area contributed by atoms with Gasteiger partial charge in [-0.1, -0.05) is 47.0 Å². The quantitative estimate of drug-likeness (QED) is 0.517. The van der Waals surface area contributed by atoms with Crippen LogP contribution in [-0.2, 0) is 0 Å². The number of rotatable bonds is 9. The van der Waals surface area contributed by atoms with Crippen molar-refractivity contribution in [3.05, 3.63) is 0 Å². The van der Waals surface area contributed by atoms with Crippen molar-refractivity contribution in [1.82, 2.24) is 0 Å². The van der Waals surface area contributed by atoms with Gasteiger partial charge in [0.05, 0.1) is 0 Å². The fourth-order valence-electron chi connectivity index (χ4n) is 2.43. The van der Waals surface area contributed by atoms with E-state index in [4.69, 9.17) is 0 Å². The van der Waals surface area contributed by atoms with Gasteiger partial charge in [-0.3, -0.25) is 0 Å². The summed E-state index contributed by atoms with van der Waals surface area (Å²) in [7, 11) is -0.304. The Morgan fingerprint density at radius 1 is 0.938 bits per heavy atom. The first-order chi connectivity index (χ1) is 7.41. The van der Waals surface area contributed by atoms with Crippen LogP contribution in [0.15, 0.2) is 0 Å². The second-order valence-corrected chi connectivity index (χ2v) is 10.5. The summed E-state index contributed by atoms with van der Waals surface area (Å²) in [5, 5.41) is 0. The summed E-state index contributed by atoms with van der Waals surface area (Å²) in [6, 6.07) is 0. The van der Waals surface area contributed by atoms with Gasteiger partial charge < -0.3 is 0 Å². The first kappa shape index (κ1) is 16.4. The molecule has 0 aromatic heterocycles. The van der Waals surface area contributed by atoms with Crippen LogP contribution in [0.25, 0.3) is 0 Å². The van der Waals surface area contributed by atoms with Crippen molar-refractivity contribution < 1.29 is 0 Å². The van der Waals surface area contributed by atoms with Crippen molar-refractivity contribution in [2.45, 2.75) is 59.8 Å². The molecule has 0 fully saturated rings. The smallest absolute Gasteiger partial charge is 0.0207 e. The van der Waals surface area contributed by atoms with Crippen LogP contribution in [0.2, 0.25) is 0 Å². The van der Waals surface area contributed by atoms with Gasteiger partial charge in [0.1, 0.15) is 0 Å². The average Bonchev–Trinajstić information content (AvgIpc) is 2.16. The third kappa shape index (κ3) is 8.50. The highest BCUT2D eigenvalue weighted by atomic mass is 32.3. The van der Waals surface area contributed by atoms with Crippen LogP contribution in [-0.4, -0.2) is 24.0 Å². The second-order valence-electron chi connectivity index (χ2n) is 6.19. The molecule has 0 saturated carbocycles. The lowest BCUT2D eigenvalue weighted by Gasteiger charge is -2.34. The zero-order chi connectivity index (χ0) is 12.6. The molecule has 0 aliphatic rings. The fraction of sp³-hybridized carbons (Fsp3) is 1.00. The van der Waals surface area contributed by atoms with Gasteiger partial charge in [-0.15, -0.1) is 0 Å². The molecular formula is C15H34S. The van der Waals surface area contributed by atoms with Crippen LogP contribution in [0.1, 0.15) is 59.8 Å². The van der Waals surface area contributed by atoms with Crippen LogP contribution < -0.4 is 0 Å². The van der Waals surface area contributed by atoms with Gasteiger partial charge in [0.2, 0.25) is 0 Å². The summed E-state index contributed by atoms with van der Waals surface area (Å²) < 4.78 is 0. The highest BCUT2D eigenvalue weighted by Crippen LogP contribution is 2.43. The Morgan fingerprint density at radius 2 is 1.56 bits per heavy atom. The van der Waals surface area contributed by atoms with Crippen molar-refractivity contribution in [1.29, 1.82) is 0 Å². The van der Waals surface area contributed by atoms with Gasteiger partial charge >= 0.3 is 0 Å². The summed E-state index contributed by atoms with van der Waals surface area (Å²) >= 11 is 0. The van der Waals surface area contributed by atoms with E-state index in [2.05, 4.69) is 40.2 Å². The third-order valence-corrected chi connectivity index (χ3v) is 6.47. The highest BCUT2D eigenvalue weighted by molar-refractivity contribution is 8.32. The maximum absolute atomic E-state index is 2.53. The lowest BCUT2D eigenvalue weighted by molar-refractivity contribution is 0.481. The Morgan fingerprint density at radius 3 is 2.06 bits per heavy atom. The molecule has 1 heteroatoms. The molecule has 16 heavy (non-hydrogen) atoms. The zero-order valence-electron chi connectivity index (χ0n) is 12.5. The topological polar surface area (TPSA) is 0 Å². The molecule has 0 amide bonds. The Labute approximate surface area is 106 Å². The van der Waals surface area contributed by atoms with Gasteiger partial charge in [-0.25, -0.2) is 10.0 Å². The number of hydrogen-bond acceptors (Lipinski definition) is 0. The fourth-order valence-corrected chi connectivity index (χ4v) is 5.32. The molecule has 0 bridgehead atoms. The van der Waals surface area contributed by atoms with E-state index in [0.29, 0.717) is 0 Å². The zero-order valence-corrected chi connectivity index (χ0v) is 13.3. The predicted molar refractivity (Wildman–Crippen MR) is 81.9 cm³/mol. The first-order valence-electron chi connectivity index (χ1n) is 7.10. The van der Waals surface area contributed by atoms with Gasteiger partial charge in [0.25, 0.3) is 0 Å². The van der Waals surface area contributed by atoms with E-state index >= 15 is 0 Å². The van der Waals surface area contributed by atoms with Gasteiger partial charge in [-0.2, -0.15) is 0 Å². The van der Waals surface area contributed by atoms with Crippen LogP contribution >= 0.6 is 10.0 Å². The normalized spacial score (nSPS) is 17.1. The summed E-state index contributed by atoms with van der Waals surface area (Å²) in [4.78, 5) is 0. The van der Waals surface area contributed by atoms with E-state index < -0.39 is 0 Å². The summed E-state index contributed by atoms with van der Waals surface area (Å²) in [6.45, 7) is 9.45. The molecule has 0 rings (SSSR count). The summed E-state index contributed by atoms with van der Waals surface area (Å²) in [6.07, 6.45) is 12.1. The second kappa shape index (κ2) is 8.44. The molecule has 0 N–H and O–H groups in total. The van der Waals surface area contributed by atoms with E-state index in [1.807, 2.05) is 0 Å². The first-order valence-corrected chi connectivity index (χ1v) is 9.88. The van der Waals surface area contributed by atoms with Gasteiger partial charge in [-0.05, 0) is 48.7 Å². The van der Waals surface area contributed by atoms with E-state index in [-0.39, 0.29) is 10.0 Å². The van der Waals surface area contributed by atoms with Crippen LogP contribution in [0.3, 0.4) is 0 Å². The van der Waals surface area contributed by atoms with E-state index in [9.17, 15) is 0 Å². The molecule has 0 aliphatic heterocycles. The van der Waals surface area contributed by atoms with E-state index in [0.717, 1.165) is 11.8 Å². The van der Waals surface area contributed by atoms with Crippen molar-refractivity contribution in [3.63, 3.8) is 0 Å². The standard InChI is InChI=1S/C15H34S/c1-7-10-15(4)11-9-12-16(5,6)13-14(3)8-2/h14-15H,7-13H2,1-6H3. The molecule has 0 aliphatic carbocycles. The lowest BCUT2D eigenvalue weighted by atomic mass is 10.0. The Bertz CT molecular complexity index is 163. The van der Waals surface area contributed by atoms with E-state index in [1.165, 1.54) is 43.6 Å². The molecule has 0 heterocycles. The van der Waals surface area contributed by atoms with Crippen molar-refractivity contribution in [2.24, 2.45) is 11.8 Å². The minimum absolute atomic E-state index is 0.304. The molecule has 0 nitrogen and oxygen atoms in total. The third-order valence-electron chi connectivity index (χ3n) is 3.61. The molecule has 0 aromatic carbocycles. The van der Waals surface area contributed by atoms with Crippen molar-refractivity contribution >= 4 is 10.0 Å². The predicted octanol–water partition coefficient (Wildman–Crippen LogP) is 5.31. The molecule has 0 aromatic rings. The van der Waals surface area contributed by atoms with Crippen molar-refractivity contribution in [3.8, 4) is 0 Å². The maximum Gasteiger partial charge on any atom is -0.0207 e. The Kier molecular flexibility index (Phi) is 8.63. The molecule has 0 saturated heterocycles. The van der Waals surface area contributed by atoms with Crippen LogP contribution in [0, 0.1) is 11.8 Å². The van der Waals surface area contributed by atoms with Crippen molar-refractivity contribution in [2.75, 3.05) is 24.0 Å². The molecule has 0 spiro atoms. The minimum atomic E-state index is -0.304. The molecule has 2 unspecified atom stereocenters. The monoisotopic (exact) mass is 246 g/mol. The summed E-state index contributed by atoms with van der Waals surface area (Å²) in [5.74, 6) is 4.85. The molecule has 0 radical (unpaired) electrons. The largest absolute Gasteiger partial charge is 0.246 e. The number of hydrogen-bond donors (Lipinski definition) is 0. The summed E-state index contributed by atoms with van der Waals surface area (Å²) in [5.41, 5.74) is 0. The van der Waals surface area contributed by atoms with E-state index in [1.54, 1.807) is 0 Å². The molecule has 100 valence electrons. The van der Waals surface area contributed by atoms with Gasteiger partial charge in [0.15, 0.2) is 0 Å². The average molecular weight is 247 g/mol. The van der Waals surface area contributed by atoms with Crippen LogP contribution in [0.5, 0.6) is 0 Å². The highest BCUT2D eigenvalue weighted by Gasteiger charge is 2.15. The maximum atomic E-state index is 2.53. The minimum Gasteiger partial charge on any atom is -0.246 e. The lowest BCUT2D eigenvalue weighted by Crippen LogP contribution is -2.13. The Balaban J connectivity index is 3.72. The SMILES string of the molecule is CCCC(C)CCCS(C)(C)CC(C)CC. The molecular weight excluding hydrogens is 212 g/mol. The van der Waals surface area contributed by atoms with Gasteiger partial charge in [0, 0.05) is 0 Å². The Hall–Kier alpha value is 0.350.